The minimum atomic E-state index is -0.342. The lowest BCUT2D eigenvalue weighted by Gasteiger charge is -2.08. The fourth-order valence-electron chi connectivity index (χ4n) is 1.49. The maximum atomic E-state index is 13.4. The van der Waals surface area contributed by atoms with Crippen LogP contribution in [0.15, 0.2) is 47.4 Å². The van der Waals surface area contributed by atoms with E-state index in [2.05, 4.69) is 5.32 Å². The highest BCUT2D eigenvalue weighted by Crippen LogP contribution is 2.30. The van der Waals surface area contributed by atoms with Crippen molar-refractivity contribution in [3.05, 3.63) is 58.3 Å². The Morgan fingerprint density at radius 1 is 1.15 bits per heavy atom. The summed E-state index contributed by atoms with van der Waals surface area (Å²) in [6.07, 6.45) is 0. The van der Waals surface area contributed by atoms with Crippen molar-refractivity contribution in [2.75, 3.05) is 11.1 Å². The van der Waals surface area contributed by atoms with Crippen LogP contribution in [-0.4, -0.2) is 11.7 Å². The van der Waals surface area contributed by atoms with E-state index in [4.69, 9.17) is 23.2 Å². The number of benzene rings is 2. The molecule has 2 nitrogen and oxygen atoms in total. The van der Waals surface area contributed by atoms with E-state index in [1.165, 1.54) is 6.07 Å². The van der Waals surface area contributed by atoms with Crippen LogP contribution in [0.3, 0.4) is 0 Å². The van der Waals surface area contributed by atoms with Crippen LogP contribution in [0, 0.1) is 5.82 Å². The lowest BCUT2D eigenvalue weighted by atomic mass is 10.3. The second-order valence-corrected chi connectivity index (χ2v) is 5.67. The predicted octanol–water partition coefficient (Wildman–Crippen LogP) is 4.86. The third kappa shape index (κ3) is 3.88. The standard InChI is InChI=1S/C14H10Cl2FNOS/c15-9-4-3-6-11(14(9)16)18-13(19)8-20-12-7-2-1-5-10(12)17/h1-7H,8H2,(H,18,19). The molecule has 20 heavy (non-hydrogen) atoms. The maximum absolute atomic E-state index is 13.4. The first kappa shape index (κ1) is 15.2. The maximum Gasteiger partial charge on any atom is 0.234 e. The second-order valence-electron chi connectivity index (χ2n) is 3.87. The van der Waals surface area contributed by atoms with Crippen molar-refractivity contribution in [1.29, 1.82) is 0 Å². The Labute approximate surface area is 130 Å². The average Bonchev–Trinajstić information content (AvgIpc) is 2.43. The first-order chi connectivity index (χ1) is 9.58. The van der Waals surface area contributed by atoms with Gasteiger partial charge < -0.3 is 5.32 Å². The van der Waals surface area contributed by atoms with Crippen LogP contribution in [-0.2, 0) is 4.79 Å². The molecule has 6 heteroatoms. The highest BCUT2D eigenvalue weighted by Gasteiger charge is 2.10. The zero-order valence-corrected chi connectivity index (χ0v) is 12.5. The van der Waals surface area contributed by atoms with Gasteiger partial charge in [0.25, 0.3) is 0 Å². The van der Waals surface area contributed by atoms with E-state index in [-0.39, 0.29) is 17.5 Å². The van der Waals surface area contributed by atoms with Crippen LogP contribution in [0.2, 0.25) is 10.0 Å². The van der Waals surface area contributed by atoms with Crippen LogP contribution < -0.4 is 5.32 Å². The number of hydrogen-bond acceptors (Lipinski definition) is 2. The molecule has 0 spiro atoms. The van der Waals surface area contributed by atoms with E-state index in [1.807, 2.05) is 0 Å². The van der Waals surface area contributed by atoms with Gasteiger partial charge in [-0.15, -0.1) is 11.8 Å². The highest BCUT2D eigenvalue weighted by molar-refractivity contribution is 8.00. The average molecular weight is 330 g/mol. The molecule has 0 bridgehead atoms. The lowest BCUT2D eigenvalue weighted by molar-refractivity contribution is -0.113. The minimum absolute atomic E-state index is 0.0871. The Balaban J connectivity index is 1.96. The van der Waals surface area contributed by atoms with Gasteiger partial charge in [0, 0.05) is 4.90 Å². The predicted molar refractivity (Wildman–Crippen MR) is 82.2 cm³/mol. The number of amides is 1. The molecule has 0 heterocycles. The van der Waals surface area contributed by atoms with E-state index >= 15 is 0 Å². The van der Waals surface area contributed by atoms with Crippen LogP contribution >= 0.6 is 35.0 Å². The molecule has 2 rings (SSSR count). The summed E-state index contributed by atoms with van der Waals surface area (Å²) in [6, 6.07) is 11.3. The van der Waals surface area contributed by atoms with Crippen molar-refractivity contribution in [2.24, 2.45) is 0 Å². The van der Waals surface area contributed by atoms with Crippen LogP contribution in [0.5, 0.6) is 0 Å². The van der Waals surface area contributed by atoms with Crippen molar-refractivity contribution in [1.82, 2.24) is 0 Å². The van der Waals surface area contributed by atoms with Gasteiger partial charge >= 0.3 is 0 Å². The monoisotopic (exact) mass is 329 g/mol. The molecule has 1 N–H and O–H groups in total. The summed E-state index contributed by atoms with van der Waals surface area (Å²) in [6.45, 7) is 0. The van der Waals surface area contributed by atoms with Gasteiger partial charge in [-0.05, 0) is 24.3 Å². The van der Waals surface area contributed by atoms with Crippen molar-refractivity contribution in [2.45, 2.75) is 4.90 Å². The molecular weight excluding hydrogens is 320 g/mol. The number of thioether (sulfide) groups is 1. The molecule has 0 aliphatic rings. The number of carbonyl (C=O) groups is 1. The Morgan fingerprint density at radius 2 is 1.90 bits per heavy atom. The molecule has 0 atom stereocenters. The molecule has 0 fully saturated rings. The highest BCUT2D eigenvalue weighted by atomic mass is 35.5. The molecule has 0 saturated carbocycles. The fraction of sp³-hybridized carbons (Fsp3) is 0.0714. The number of hydrogen-bond donors (Lipinski definition) is 1. The van der Waals surface area contributed by atoms with E-state index in [0.29, 0.717) is 20.6 Å². The summed E-state index contributed by atoms with van der Waals surface area (Å²) >= 11 is 12.9. The molecule has 0 aliphatic carbocycles. The summed E-state index contributed by atoms with van der Waals surface area (Å²) in [5, 5.41) is 3.30. The van der Waals surface area contributed by atoms with E-state index in [0.717, 1.165) is 11.8 Å². The molecule has 104 valence electrons. The lowest BCUT2D eigenvalue weighted by Crippen LogP contribution is -2.14. The zero-order chi connectivity index (χ0) is 14.5. The van der Waals surface area contributed by atoms with Gasteiger partial charge in [0.1, 0.15) is 5.82 Å². The molecule has 0 aromatic heterocycles. The second kappa shape index (κ2) is 6.97. The van der Waals surface area contributed by atoms with E-state index < -0.39 is 0 Å². The smallest absolute Gasteiger partial charge is 0.234 e. The van der Waals surface area contributed by atoms with Crippen molar-refractivity contribution < 1.29 is 9.18 Å². The van der Waals surface area contributed by atoms with Gasteiger partial charge in [0.2, 0.25) is 5.91 Å². The van der Waals surface area contributed by atoms with Crippen molar-refractivity contribution in [3.8, 4) is 0 Å². The van der Waals surface area contributed by atoms with Gasteiger partial charge in [0.15, 0.2) is 0 Å². The van der Waals surface area contributed by atoms with Gasteiger partial charge in [-0.3, -0.25) is 4.79 Å². The molecule has 0 saturated heterocycles. The van der Waals surface area contributed by atoms with Gasteiger partial charge in [-0.1, -0.05) is 41.4 Å². The Morgan fingerprint density at radius 3 is 2.65 bits per heavy atom. The minimum Gasteiger partial charge on any atom is -0.324 e. The third-order valence-corrected chi connectivity index (χ3v) is 4.29. The molecule has 0 radical (unpaired) electrons. The van der Waals surface area contributed by atoms with Crippen LogP contribution in [0.4, 0.5) is 10.1 Å². The number of carbonyl (C=O) groups excluding carboxylic acids is 1. The number of halogens is 3. The molecule has 0 aliphatic heterocycles. The molecule has 1 amide bonds. The van der Waals surface area contributed by atoms with E-state index in [9.17, 15) is 9.18 Å². The fourth-order valence-corrected chi connectivity index (χ4v) is 2.58. The Hall–Kier alpha value is -1.23. The summed E-state index contributed by atoms with van der Waals surface area (Å²) in [5.41, 5.74) is 0.443. The van der Waals surface area contributed by atoms with E-state index in [1.54, 1.807) is 36.4 Å². The van der Waals surface area contributed by atoms with Crippen LogP contribution in [0.25, 0.3) is 0 Å². The van der Waals surface area contributed by atoms with Crippen LogP contribution in [0.1, 0.15) is 0 Å². The van der Waals surface area contributed by atoms with Gasteiger partial charge in [-0.2, -0.15) is 0 Å². The van der Waals surface area contributed by atoms with Gasteiger partial charge in [0.05, 0.1) is 21.5 Å². The normalized spacial score (nSPS) is 10.3. The largest absolute Gasteiger partial charge is 0.324 e. The zero-order valence-electron chi connectivity index (χ0n) is 10.2. The summed E-state index contributed by atoms with van der Waals surface area (Å²) < 4.78 is 13.4. The first-order valence-corrected chi connectivity index (χ1v) is 7.43. The number of anilines is 1. The summed E-state index contributed by atoms with van der Waals surface area (Å²) in [5.74, 6) is -0.530. The third-order valence-electron chi connectivity index (χ3n) is 2.42. The van der Waals surface area contributed by atoms with Crippen molar-refractivity contribution >= 4 is 46.6 Å². The first-order valence-electron chi connectivity index (χ1n) is 5.69. The molecule has 0 unspecified atom stereocenters. The number of nitrogens with one attached hydrogen (secondary N) is 1. The molecular formula is C14H10Cl2FNOS. The Bertz CT molecular complexity index is 636. The number of rotatable bonds is 4. The molecule has 2 aromatic carbocycles. The summed E-state index contributed by atoms with van der Waals surface area (Å²) in [4.78, 5) is 12.2. The molecule has 2 aromatic rings. The van der Waals surface area contributed by atoms with Crippen molar-refractivity contribution in [3.63, 3.8) is 0 Å². The summed E-state index contributed by atoms with van der Waals surface area (Å²) in [7, 11) is 0. The Kier molecular flexibility index (Phi) is 5.29. The SMILES string of the molecule is O=C(CSc1ccccc1F)Nc1cccc(Cl)c1Cl. The quantitative estimate of drug-likeness (QED) is 0.811. The topological polar surface area (TPSA) is 29.1 Å². The van der Waals surface area contributed by atoms with Gasteiger partial charge in [-0.25, -0.2) is 4.39 Å².